The van der Waals surface area contributed by atoms with Crippen LogP contribution in [0.15, 0.2) is 0 Å². The van der Waals surface area contributed by atoms with Gasteiger partial charge in [0.2, 0.25) is 18.0 Å². The summed E-state index contributed by atoms with van der Waals surface area (Å²) in [5.74, 6) is -6.91. The number of ether oxygens (including phenoxy) is 8. The van der Waals surface area contributed by atoms with E-state index in [2.05, 4.69) is 0 Å². The molecule has 4 saturated heterocycles. The summed E-state index contributed by atoms with van der Waals surface area (Å²) in [7, 11) is 0. The fourth-order valence-corrected chi connectivity index (χ4v) is 9.67. The molecular weight excluding hydrogens is 560 g/mol. The average molecular weight is 595 g/mol. The van der Waals surface area contributed by atoms with Gasteiger partial charge in [-0.1, -0.05) is 27.7 Å². The molecule has 4 aliphatic heterocycles. The lowest BCUT2D eigenvalue weighted by molar-refractivity contribution is -0.286. The molecule has 2 aliphatic carbocycles. The average Bonchev–Trinajstić information content (AvgIpc) is 3.48. The Labute approximate surface area is 240 Å². The highest BCUT2D eigenvalue weighted by Gasteiger charge is 3.06. The third-order valence-electron chi connectivity index (χ3n) is 10.0. The van der Waals surface area contributed by atoms with E-state index in [9.17, 15) is 28.8 Å². The van der Waals surface area contributed by atoms with Crippen molar-refractivity contribution in [2.45, 2.75) is 103 Å². The molecule has 0 radical (unpaired) electrons. The van der Waals surface area contributed by atoms with Crippen molar-refractivity contribution in [2.24, 2.45) is 28.1 Å². The molecule has 4 heterocycles. The molecule has 230 valence electrons. The zero-order valence-electron chi connectivity index (χ0n) is 24.5. The van der Waals surface area contributed by atoms with E-state index in [4.69, 9.17) is 37.9 Å². The highest BCUT2D eigenvalue weighted by atomic mass is 16.8. The highest BCUT2D eigenvalue weighted by molar-refractivity contribution is 5.92. The van der Waals surface area contributed by atoms with Crippen LogP contribution in [0.1, 0.15) is 55.4 Å². The summed E-state index contributed by atoms with van der Waals surface area (Å²) in [6.45, 7) is 11.6. The minimum atomic E-state index is -2.40. The maximum Gasteiger partial charge on any atom is 0.350 e. The van der Waals surface area contributed by atoms with Crippen molar-refractivity contribution < 1.29 is 66.7 Å². The van der Waals surface area contributed by atoms with Gasteiger partial charge in [-0.2, -0.15) is 0 Å². The molecule has 2 bridgehead atoms. The third kappa shape index (κ3) is 2.83. The van der Waals surface area contributed by atoms with Gasteiger partial charge >= 0.3 is 35.8 Å². The first-order chi connectivity index (χ1) is 19.5. The molecule has 42 heavy (non-hydrogen) atoms. The van der Waals surface area contributed by atoms with Crippen LogP contribution in [0, 0.1) is 28.1 Å². The van der Waals surface area contributed by atoms with Gasteiger partial charge in [0.05, 0.1) is 6.61 Å². The number of carbonyl (C=O) groups is 6. The monoisotopic (exact) mass is 594 g/mol. The van der Waals surface area contributed by atoms with Gasteiger partial charge in [-0.05, 0) is 5.41 Å². The molecule has 14 nitrogen and oxygen atoms in total. The van der Waals surface area contributed by atoms with E-state index in [-0.39, 0.29) is 6.61 Å². The maximum absolute atomic E-state index is 14.6. The molecule has 2 saturated carbocycles. The lowest BCUT2D eigenvalue weighted by Gasteiger charge is -2.52. The van der Waals surface area contributed by atoms with Crippen LogP contribution in [0.5, 0.6) is 0 Å². The van der Waals surface area contributed by atoms with E-state index in [1.807, 2.05) is 20.8 Å². The zero-order valence-corrected chi connectivity index (χ0v) is 24.5. The van der Waals surface area contributed by atoms with E-state index in [1.165, 1.54) is 0 Å². The van der Waals surface area contributed by atoms with Gasteiger partial charge in [0, 0.05) is 39.5 Å². The smallest absolute Gasteiger partial charge is 0.350 e. The molecule has 0 N–H and O–H groups in total. The Balaban J connectivity index is 1.82. The molecular formula is C28H34O14. The Morgan fingerprint density at radius 3 is 2.00 bits per heavy atom. The van der Waals surface area contributed by atoms with E-state index in [1.54, 1.807) is 6.92 Å². The SMILES string of the molecule is CC(=O)O[C@@H]1[C@H]2OC(=O)[C@@]34OC5OC(=O)[C@H](OC(C)=O)C5([C@@H]2C(C)(C)C)C13[C@@H](OC(C)=O)[C@@H]1OC[C@H](C)[C@@]14OC(C)=O. The van der Waals surface area contributed by atoms with Crippen LogP contribution in [0.4, 0.5) is 0 Å². The van der Waals surface area contributed by atoms with Crippen LogP contribution >= 0.6 is 0 Å². The normalized spacial score (nSPS) is 47.5. The highest BCUT2D eigenvalue weighted by Crippen LogP contribution is 2.85. The van der Waals surface area contributed by atoms with Gasteiger partial charge < -0.3 is 37.9 Å². The molecule has 6 rings (SSSR count). The number of carbonyl (C=O) groups excluding carboxylic acids is 6. The molecule has 6 aliphatic rings. The number of rotatable bonds is 4. The van der Waals surface area contributed by atoms with Crippen LogP contribution in [0.3, 0.4) is 0 Å². The lowest BCUT2D eigenvalue weighted by atomic mass is 9.50. The first-order valence-corrected chi connectivity index (χ1v) is 13.9. The molecule has 3 unspecified atom stereocenters. The van der Waals surface area contributed by atoms with Gasteiger partial charge in [-0.15, -0.1) is 0 Å². The zero-order chi connectivity index (χ0) is 30.9. The lowest BCUT2D eigenvalue weighted by Crippen LogP contribution is -2.75. The number of fused-ring (bicyclic) bond motifs is 2. The molecule has 0 aromatic heterocycles. The molecule has 0 aromatic carbocycles. The summed E-state index contributed by atoms with van der Waals surface area (Å²) in [6.07, 6.45) is -8.85. The van der Waals surface area contributed by atoms with Crippen LogP contribution in [0.25, 0.3) is 0 Å². The first kappa shape index (κ1) is 28.8. The molecule has 14 heteroatoms. The standard InChI is InChI=1S/C28H34O14/c1-10-9-35-19-18(37-12(3)30)26-17(36-11(2)29)15-16(24(6,7)8)25(26)20(38-13(4)31)21(33)40-23(25)42-28(26,22(34)39-15)27(10,19)41-14(5)32/h10,15-20,23H,9H2,1-8H3/t10-,15-,16-,17+,18-,19-,20-,23?,25?,26?,27+,28+/m0/s1. The third-order valence-corrected chi connectivity index (χ3v) is 10.0. The summed E-state index contributed by atoms with van der Waals surface area (Å²) in [4.78, 5) is 79.3. The predicted octanol–water partition coefficient (Wildman–Crippen LogP) is 0.358. The summed E-state index contributed by atoms with van der Waals surface area (Å²) in [5, 5.41) is 0. The van der Waals surface area contributed by atoms with Crippen molar-refractivity contribution >= 4 is 35.8 Å². The van der Waals surface area contributed by atoms with Crippen molar-refractivity contribution in [1.29, 1.82) is 0 Å². The predicted molar refractivity (Wildman–Crippen MR) is 131 cm³/mol. The second-order valence-corrected chi connectivity index (χ2v) is 13.2. The van der Waals surface area contributed by atoms with Crippen molar-refractivity contribution in [1.82, 2.24) is 0 Å². The van der Waals surface area contributed by atoms with Crippen LogP contribution in [-0.2, 0) is 66.7 Å². The Morgan fingerprint density at radius 2 is 1.45 bits per heavy atom. The number of hydrogen-bond acceptors (Lipinski definition) is 14. The topological polar surface area (TPSA) is 176 Å². The van der Waals surface area contributed by atoms with E-state index < -0.39 is 112 Å². The second-order valence-electron chi connectivity index (χ2n) is 13.2. The van der Waals surface area contributed by atoms with Crippen molar-refractivity contribution in [2.75, 3.05) is 6.61 Å². The Bertz CT molecular complexity index is 1320. The minimum absolute atomic E-state index is 0.0423. The van der Waals surface area contributed by atoms with Gasteiger partial charge in [-0.25, -0.2) is 9.59 Å². The Morgan fingerprint density at radius 1 is 0.857 bits per heavy atom. The van der Waals surface area contributed by atoms with Crippen molar-refractivity contribution in [3.05, 3.63) is 0 Å². The summed E-state index contributed by atoms with van der Waals surface area (Å²) < 4.78 is 48.5. The fourth-order valence-electron chi connectivity index (χ4n) is 9.67. The molecule has 6 fully saturated rings. The first-order valence-electron chi connectivity index (χ1n) is 13.9. The van der Waals surface area contributed by atoms with Crippen LogP contribution in [0.2, 0.25) is 0 Å². The molecule has 0 amide bonds. The van der Waals surface area contributed by atoms with Gasteiger partial charge in [-0.3, -0.25) is 19.2 Å². The fraction of sp³-hybridized carbons (Fsp3) is 0.786. The maximum atomic E-state index is 14.6. The Hall–Kier alpha value is -3.26. The molecule has 2 spiro atoms. The quantitative estimate of drug-likeness (QED) is 0.322. The van der Waals surface area contributed by atoms with E-state index >= 15 is 0 Å². The van der Waals surface area contributed by atoms with Crippen molar-refractivity contribution in [3.63, 3.8) is 0 Å². The largest absolute Gasteiger partial charge is 0.459 e. The van der Waals surface area contributed by atoms with Gasteiger partial charge in [0.15, 0.2) is 11.7 Å². The van der Waals surface area contributed by atoms with Crippen LogP contribution in [-0.4, -0.2) is 90.4 Å². The minimum Gasteiger partial charge on any atom is -0.459 e. The second kappa shape index (κ2) is 8.43. The van der Waals surface area contributed by atoms with Crippen LogP contribution < -0.4 is 0 Å². The molecule has 0 aromatic rings. The van der Waals surface area contributed by atoms with E-state index in [0.29, 0.717) is 0 Å². The van der Waals surface area contributed by atoms with Gasteiger partial charge in [0.1, 0.15) is 29.1 Å². The van der Waals surface area contributed by atoms with Gasteiger partial charge in [0.25, 0.3) is 0 Å². The molecule has 12 atom stereocenters. The number of esters is 6. The number of hydrogen-bond donors (Lipinski definition) is 0. The van der Waals surface area contributed by atoms with Crippen molar-refractivity contribution in [3.8, 4) is 0 Å². The Kier molecular flexibility index (Phi) is 5.79. The summed E-state index contributed by atoms with van der Waals surface area (Å²) in [5.41, 5.74) is -9.18. The summed E-state index contributed by atoms with van der Waals surface area (Å²) >= 11 is 0. The summed E-state index contributed by atoms with van der Waals surface area (Å²) in [6, 6.07) is 0. The van der Waals surface area contributed by atoms with E-state index in [0.717, 1.165) is 27.7 Å².